The number of aliphatic hydroxyl groups excluding tert-OH is 1. The van der Waals surface area contributed by atoms with Gasteiger partial charge in [-0.15, -0.1) is 0 Å². The van der Waals surface area contributed by atoms with Crippen LogP contribution in [0, 0.1) is 0 Å². The van der Waals surface area contributed by atoms with Gasteiger partial charge in [0.15, 0.2) is 11.5 Å². The number of nitrogens with zero attached hydrogens (tertiary/aromatic N) is 3. The van der Waals surface area contributed by atoms with Crippen molar-refractivity contribution in [2.45, 2.75) is 31.1 Å². The molecule has 1 fully saturated rings. The molecule has 36 heavy (non-hydrogen) atoms. The molecule has 0 aliphatic carbocycles. The third-order valence-electron chi connectivity index (χ3n) is 6.87. The van der Waals surface area contributed by atoms with Crippen molar-refractivity contribution in [2.24, 2.45) is 0 Å². The van der Waals surface area contributed by atoms with Crippen molar-refractivity contribution in [1.29, 1.82) is 0 Å². The third kappa shape index (κ3) is 4.79. The molecule has 1 amide bonds. The van der Waals surface area contributed by atoms with E-state index in [2.05, 4.69) is 15.3 Å². The van der Waals surface area contributed by atoms with E-state index in [1.165, 1.54) is 0 Å². The number of ether oxygens (including phenoxy) is 4. The zero-order valence-corrected chi connectivity index (χ0v) is 20.4. The number of fused-ring (bicyclic) bond motifs is 2. The number of hydrogen-bond donors (Lipinski definition) is 2. The molecule has 4 heterocycles. The van der Waals surface area contributed by atoms with Crippen LogP contribution in [0.4, 0.5) is 5.69 Å². The summed E-state index contributed by atoms with van der Waals surface area (Å²) < 4.78 is 22.2. The molecular weight excluding hydrogens is 464 g/mol. The number of pyridine rings is 2. The van der Waals surface area contributed by atoms with E-state index < -0.39 is 11.8 Å². The van der Waals surface area contributed by atoms with E-state index in [-0.39, 0.29) is 5.91 Å². The standard InChI is InChI=1S/C26H30N4O6/c1-33-22-6-4-18-24(29-22)19(7-10-27-18)28-25(32)26(34-2)8-11-30(12-9-26)23(31)16-17-3-5-20-21(15-17)36-14-13-35-20/h3-7,10,15,23,31H,8-9,11-14,16H2,1-2H3,(H,27,28,32)/t23-/m0/s1. The first-order chi connectivity index (χ1) is 17.5. The number of amides is 1. The Morgan fingerprint density at radius 1 is 1.14 bits per heavy atom. The van der Waals surface area contributed by atoms with Crippen molar-refractivity contribution in [3.8, 4) is 17.4 Å². The summed E-state index contributed by atoms with van der Waals surface area (Å²) in [6.07, 6.45) is 2.26. The average Bonchev–Trinajstić information content (AvgIpc) is 2.92. The van der Waals surface area contributed by atoms with Crippen molar-refractivity contribution in [3.63, 3.8) is 0 Å². The molecule has 3 aromatic rings. The first-order valence-electron chi connectivity index (χ1n) is 12.0. The molecule has 1 atom stereocenters. The molecule has 1 aromatic carbocycles. The van der Waals surface area contributed by atoms with Crippen LogP contribution >= 0.6 is 0 Å². The van der Waals surface area contributed by atoms with E-state index in [0.29, 0.717) is 73.9 Å². The molecule has 0 bridgehead atoms. The largest absolute Gasteiger partial charge is 0.486 e. The molecule has 2 aliphatic rings. The Hall–Kier alpha value is -3.47. The first-order valence-corrected chi connectivity index (χ1v) is 12.0. The van der Waals surface area contributed by atoms with Gasteiger partial charge in [-0.05, 0) is 42.7 Å². The second-order valence-electron chi connectivity index (χ2n) is 8.93. The van der Waals surface area contributed by atoms with Gasteiger partial charge in [-0.3, -0.25) is 14.7 Å². The minimum absolute atomic E-state index is 0.247. The maximum atomic E-state index is 13.4. The van der Waals surface area contributed by atoms with E-state index in [0.717, 1.165) is 11.3 Å². The molecule has 5 rings (SSSR count). The van der Waals surface area contributed by atoms with E-state index in [1.807, 2.05) is 23.1 Å². The number of rotatable bonds is 7. The smallest absolute Gasteiger partial charge is 0.256 e. The van der Waals surface area contributed by atoms with Crippen molar-refractivity contribution in [3.05, 3.63) is 48.2 Å². The topological polar surface area (TPSA) is 115 Å². The lowest BCUT2D eigenvalue weighted by atomic mass is 9.89. The van der Waals surface area contributed by atoms with Crippen molar-refractivity contribution in [2.75, 3.05) is 45.8 Å². The second kappa shape index (κ2) is 10.3. The van der Waals surface area contributed by atoms with Crippen LogP contribution < -0.4 is 19.5 Å². The predicted molar refractivity (Wildman–Crippen MR) is 132 cm³/mol. The molecule has 0 radical (unpaired) electrons. The van der Waals surface area contributed by atoms with Gasteiger partial charge in [0.2, 0.25) is 5.88 Å². The van der Waals surface area contributed by atoms with Crippen molar-refractivity contribution < 1.29 is 28.8 Å². The zero-order chi connectivity index (χ0) is 25.1. The number of methoxy groups -OCH3 is 2. The third-order valence-corrected chi connectivity index (χ3v) is 6.87. The quantitative estimate of drug-likeness (QED) is 0.511. The second-order valence-corrected chi connectivity index (χ2v) is 8.93. The molecule has 0 saturated carbocycles. The van der Waals surface area contributed by atoms with Gasteiger partial charge in [-0.2, -0.15) is 0 Å². The molecule has 10 nitrogen and oxygen atoms in total. The fourth-order valence-electron chi connectivity index (χ4n) is 4.72. The fraction of sp³-hybridized carbons (Fsp3) is 0.423. The molecule has 2 N–H and O–H groups in total. The van der Waals surface area contributed by atoms with Crippen LogP contribution in [0.15, 0.2) is 42.6 Å². The highest BCUT2D eigenvalue weighted by molar-refractivity contribution is 6.03. The number of carbonyl (C=O) groups is 1. The Labute approximate surface area is 209 Å². The maximum Gasteiger partial charge on any atom is 0.256 e. The number of benzene rings is 1. The van der Waals surface area contributed by atoms with Gasteiger partial charge in [0.25, 0.3) is 5.91 Å². The summed E-state index contributed by atoms with van der Waals surface area (Å²) in [5, 5.41) is 13.9. The monoisotopic (exact) mass is 494 g/mol. The molecule has 1 saturated heterocycles. The summed E-state index contributed by atoms with van der Waals surface area (Å²) in [4.78, 5) is 24.1. The highest BCUT2D eigenvalue weighted by Crippen LogP contribution is 2.33. The maximum absolute atomic E-state index is 13.4. The van der Waals surface area contributed by atoms with Gasteiger partial charge in [0.1, 0.15) is 30.6 Å². The summed E-state index contributed by atoms with van der Waals surface area (Å²) in [5.74, 6) is 1.62. The van der Waals surface area contributed by atoms with E-state index in [4.69, 9.17) is 18.9 Å². The normalized spacial score (nSPS) is 18.0. The highest BCUT2D eigenvalue weighted by Gasteiger charge is 2.43. The number of aliphatic hydroxyl groups is 1. The lowest BCUT2D eigenvalue weighted by molar-refractivity contribution is -0.148. The number of piperidine rings is 1. The average molecular weight is 495 g/mol. The molecular formula is C26H30N4O6. The van der Waals surface area contributed by atoms with Crippen LogP contribution in [0.5, 0.6) is 17.4 Å². The molecule has 10 heteroatoms. The van der Waals surface area contributed by atoms with Crippen molar-refractivity contribution >= 4 is 22.6 Å². The van der Waals surface area contributed by atoms with Gasteiger partial charge >= 0.3 is 0 Å². The van der Waals surface area contributed by atoms with Gasteiger partial charge in [0.05, 0.1) is 18.3 Å². The summed E-state index contributed by atoms with van der Waals surface area (Å²) in [5.41, 5.74) is 1.68. The first kappa shape index (κ1) is 24.2. The van der Waals surface area contributed by atoms with Crippen LogP contribution in [0.1, 0.15) is 18.4 Å². The Morgan fingerprint density at radius 3 is 2.67 bits per heavy atom. The summed E-state index contributed by atoms with van der Waals surface area (Å²) in [6.45, 7) is 2.08. The lowest BCUT2D eigenvalue weighted by Gasteiger charge is -2.41. The van der Waals surface area contributed by atoms with Crippen LogP contribution in [-0.4, -0.2) is 78.2 Å². The lowest BCUT2D eigenvalue weighted by Crippen LogP contribution is -2.55. The van der Waals surface area contributed by atoms with Crippen molar-refractivity contribution in [1.82, 2.24) is 14.9 Å². The number of anilines is 1. The van der Waals surface area contributed by atoms with Gasteiger partial charge in [-0.25, -0.2) is 4.98 Å². The molecule has 2 aromatic heterocycles. The molecule has 190 valence electrons. The fourth-order valence-corrected chi connectivity index (χ4v) is 4.72. The minimum atomic E-state index is -1.01. The molecule has 0 unspecified atom stereocenters. The van der Waals surface area contributed by atoms with Crippen LogP contribution in [0.2, 0.25) is 0 Å². The minimum Gasteiger partial charge on any atom is -0.486 e. The number of hydrogen-bond acceptors (Lipinski definition) is 9. The van der Waals surface area contributed by atoms with Crippen LogP contribution in [0.25, 0.3) is 11.0 Å². The summed E-state index contributed by atoms with van der Waals surface area (Å²) >= 11 is 0. The number of likely N-dealkylation sites (tertiary alicyclic amines) is 1. The number of carbonyl (C=O) groups excluding carboxylic acids is 1. The van der Waals surface area contributed by atoms with E-state index >= 15 is 0 Å². The Morgan fingerprint density at radius 2 is 1.92 bits per heavy atom. The van der Waals surface area contributed by atoms with Gasteiger partial charge in [-0.1, -0.05) is 6.07 Å². The number of nitrogens with one attached hydrogen (secondary N) is 1. The Balaban J connectivity index is 1.24. The van der Waals surface area contributed by atoms with Crippen LogP contribution in [-0.2, 0) is 16.0 Å². The Kier molecular flexibility index (Phi) is 6.90. The zero-order valence-electron chi connectivity index (χ0n) is 20.4. The van der Waals surface area contributed by atoms with E-state index in [1.54, 1.807) is 38.6 Å². The highest BCUT2D eigenvalue weighted by atomic mass is 16.6. The number of aromatic nitrogens is 2. The summed E-state index contributed by atoms with van der Waals surface area (Å²) in [7, 11) is 3.09. The summed E-state index contributed by atoms with van der Waals surface area (Å²) in [6, 6.07) is 11.0. The van der Waals surface area contributed by atoms with E-state index in [9.17, 15) is 9.90 Å². The van der Waals surface area contributed by atoms with Gasteiger partial charge < -0.3 is 29.4 Å². The van der Waals surface area contributed by atoms with Crippen LogP contribution in [0.3, 0.4) is 0 Å². The predicted octanol–water partition coefficient (Wildman–Crippen LogP) is 2.39. The molecule has 2 aliphatic heterocycles. The molecule has 0 spiro atoms. The SMILES string of the molecule is COc1ccc2nccc(NC(=O)C3(OC)CCN([C@@H](O)Cc4ccc5c(c4)OCCO5)CC3)c2n1. The van der Waals surface area contributed by atoms with Gasteiger partial charge in [0, 0.05) is 38.9 Å². The Bertz CT molecular complexity index is 1240.